The van der Waals surface area contributed by atoms with Gasteiger partial charge in [-0.2, -0.15) is 0 Å². The SMILES string of the molecule is CCN(CC)C(=O)CNC(C)C1CC2CCC1C2. The van der Waals surface area contributed by atoms with Gasteiger partial charge in [0.25, 0.3) is 0 Å². The van der Waals surface area contributed by atoms with E-state index in [1.54, 1.807) is 0 Å². The number of rotatable bonds is 6. The summed E-state index contributed by atoms with van der Waals surface area (Å²) in [5, 5.41) is 3.47. The third-order valence-electron chi connectivity index (χ3n) is 5.13. The lowest BCUT2D eigenvalue weighted by Gasteiger charge is -2.29. The van der Waals surface area contributed by atoms with Crippen molar-refractivity contribution in [3.05, 3.63) is 0 Å². The van der Waals surface area contributed by atoms with Gasteiger partial charge in [-0.15, -0.1) is 0 Å². The van der Waals surface area contributed by atoms with E-state index in [9.17, 15) is 4.79 Å². The quantitative estimate of drug-likeness (QED) is 0.786. The molecule has 0 aliphatic heterocycles. The molecule has 0 aromatic carbocycles. The summed E-state index contributed by atoms with van der Waals surface area (Å²) < 4.78 is 0. The van der Waals surface area contributed by atoms with E-state index in [-0.39, 0.29) is 5.91 Å². The molecular weight excluding hydrogens is 224 g/mol. The standard InChI is InChI=1S/C15H28N2O/c1-4-17(5-2)15(18)10-16-11(3)14-9-12-6-7-13(14)8-12/h11-14,16H,4-10H2,1-3H3. The highest BCUT2D eigenvalue weighted by Crippen LogP contribution is 2.49. The van der Waals surface area contributed by atoms with Crippen molar-refractivity contribution in [2.24, 2.45) is 17.8 Å². The molecule has 0 spiro atoms. The van der Waals surface area contributed by atoms with Gasteiger partial charge in [-0.05, 0) is 57.8 Å². The number of nitrogens with one attached hydrogen (secondary N) is 1. The van der Waals surface area contributed by atoms with Crippen LogP contribution < -0.4 is 5.32 Å². The minimum Gasteiger partial charge on any atom is -0.342 e. The van der Waals surface area contributed by atoms with E-state index >= 15 is 0 Å². The fourth-order valence-electron chi connectivity index (χ4n) is 3.99. The Kier molecular flexibility index (Phi) is 4.66. The molecule has 0 aromatic rings. The van der Waals surface area contributed by atoms with Crippen molar-refractivity contribution in [2.75, 3.05) is 19.6 Å². The maximum absolute atomic E-state index is 11.9. The molecule has 1 N–H and O–H groups in total. The van der Waals surface area contributed by atoms with Crippen LogP contribution in [0.4, 0.5) is 0 Å². The van der Waals surface area contributed by atoms with Gasteiger partial charge in [0.2, 0.25) is 5.91 Å². The summed E-state index contributed by atoms with van der Waals surface area (Å²) in [6, 6.07) is 0.500. The maximum Gasteiger partial charge on any atom is 0.236 e. The van der Waals surface area contributed by atoms with Crippen LogP contribution in [0.1, 0.15) is 46.5 Å². The molecule has 2 aliphatic rings. The first-order valence-electron chi connectivity index (χ1n) is 7.66. The number of carbonyl (C=O) groups is 1. The molecule has 2 bridgehead atoms. The lowest BCUT2D eigenvalue weighted by molar-refractivity contribution is -0.130. The predicted molar refractivity (Wildman–Crippen MR) is 74.3 cm³/mol. The molecule has 0 saturated heterocycles. The Labute approximate surface area is 111 Å². The van der Waals surface area contributed by atoms with Gasteiger partial charge in [0.1, 0.15) is 0 Å². The van der Waals surface area contributed by atoms with Gasteiger partial charge >= 0.3 is 0 Å². The number of amides is 1. The smallest absolute Gasteiger partial charge is 0.236 e. The van der Waals surface area contributed by atoms with Crippen molar-refractivity contribution in [3.63, 3.8) is 0 Å². The van der Waals surface area contributed by atoms with Gasteiger partial charge < -0.3 is 10.2 Å². The molecule has 18 heavy (non-hydrogen) atoms. The summed E-state index contributed by atoms with van der Waals surface area (Å²) in [5.74, 6) is 2.98. The average molecular weight is 252 g/mol. The predicted octanol–water partition coefficient (Wildman–Crippen LogP) is 2.27. The summed E-state index contributed by atoms with van der Waals surface area (Å²) in [6.07, 6.45) is 5.70. The highest BCUT2D eigenvalue weighted by Gasteiger charge is 2.41. The van der Waals surface area contributed by atoms with Crippen LogP contribution >= 0.6 is 0 Å². The van der Waals surface area contributed by atoms with Crippen LogP contribution in [-0.4, -0.2) is 36.5 Å². The van der Waals surface area contributed by atoms with E-state index < -0.39 is 0 Å². The van der Waals surface area contributed by atoms with E-state index in [0.29, 0.717) is 12.6 Å². The van der Waals surface area contributed by atoms with Crippen molar-refractivity contribution < 1.29 is 4.79 Å². The molecule has 104 valence electrons. The minimum atomic E-state index is 0.245. The Hall–Kier alpha value is -0.570. The topological polar surface area (TPSA) is 32.3 Å². The first-order valence-corrected chi connectivity index (χ1v) is 7.66. The van der Waals surface area contributed by atoms with Crippen LogP contribution in [0, 0.1) is 17.8 Å². The van der Waals surface area contributed by atoms with E-state index in [1.807, 2.05) is 18.7 Å². The molecule has 0 heterocycles. The third kappa shape index (κ3) is 2.87. The van der Waals surface area contributed by atoms with E-state index in [1.165, 1.54) is 25.7 Å². The van der Waals surface area contributed by atoms with Gasteiger partial charge in [-0.1, -0.05) is 6.42 Å². The van der Waals surface area contributed by atoms with Crippen molar-refractivity contribution in [1.29, 1.82) is 0 Å². The minimum absolute atomic E-state index is 0.245. The van der Waals surface area contributed by atoms with Gasteiger partial charge in [0, 0.05) is 19.1 Å². The monoisotopic (exact) mass is 252 g/mol. The summed E-state index contributed by atoms with van der Waals surface area (Å²) >= 11 is 0. The molecule has 2 rings (SSSR count). The van der Waals surface area contributed by atoms with Gasteiger partial charge in [0.05, 0.1) is 6.54 Å². The molecule has 1 amide bonds. The molecule has 0 radical (unpaired) electrons. The van der Waals surface area contributed by atoms with Gasteiger partial charge in [-0.25, -0.2) is 0 Å². The zero-order valence-electron chi connectivity index (χ0n) is 12.1. The molecule has 0 aromatic heterocycles. The zero-order valence-corrected chi connectivity index (χ0v) is 12.1. The van der Waals surface area contributed by atoms with Crippen LogP contribution in [0.25, 0.3) is 0 Å². The number of likely N-dealkylation sites (N-methyl/N-ethyl adjacent to an activating group) is 1. The Balaban J connectivity index is 1.75. The van der Waals surface area contributed by atoms with Crippen LogP contribution in [-0.2, 0) is 4.79 Å². The number of hydrogen-bond acceptors (Lipinski definition) is 2. The maximum atomic E-state index is 11.9. The lowest BCUT2D eigenvalue weighted by atomic mass is 9.84. The molecular formula is C15H28N2O. The molecule has 3 nitrogen and oxygen atoms in total. The second-order valence-electron chi connectivity index (χ2n) is 6.07. The van der Waals surface area contributed by atoms with Crippen LogP contribution in [0.3, 0.4) is 0 Å². The summed E-state index contributed by atoms with van der Waals surface area (Å²) in [6.45, 7) is 8.50. The second kappa shape index (κ2) is 6.05. The van der Waals surface area contributed by atoms with Crippen LogP contribution in [0.2, 0.25) is 0 Å². The molecule has 4 atom stereocenters. The number of fused-ring (bicyclic) bond motifs is 2. The highest BCUT2D eigenvalue weighted by molar-refractivity contribution is 5.78. The number of hydrogen-bond donors (Lipinski definition) is 1. The fraction of sp³-hybridized carbons (Fsp3) is 0.933. The molecule has 2 fully saturated rings. The molecule has 4 unspecified atom stereocenters. The summed E-state index contributed by atoms with van der Waals surface area (Å²) in [5.41, 5.74) is 0. The largest absolute Gasteiger partial charge is 0.342 e. The average Bonchev–Trinajstić information content (AvgIpc) is 2.99. The Bertz CT molecular complexity index is 288. The highest BCUT2D eigenvalue weighted by atomic mass is 16.2. The summed E-state index contributed by atoms with van der Waals surface area (Å²) in [4.78, 5) is 13.9. The van der Waals surface area contributed by atoms with Crippen LogP contribution in [0.5, 0.6) is 0 Å². The first-order chi connectivity index (χ1) is 8.65. The Morgan fingerprint density at radius 3 is 2.50 bits per heavy atom. The number of carbonyl (C=O) groups excluding carboxylic acids is 1. The van der Waals surface area contributed by atoms with E-state index in [0.717, 1.165) is 30.8 Å². The summed E-state index contributed by atoms with van der Waals surface area (Å²) in [7, 11) is 0. The third-order valence-corrected chi connectivity index (χ3v) is 5.13. The van der Waals surface area contributed by atoms with E-state index in [2.05, 4.69) is 12.2 Å². The van der Waals surface area contributed by atoms with Gasteiger partial charge in [-0.3, -0.25) is 4.79 Å². The van der Waals surface area contributed by atoms with Crippen molar-refractivity contribution in [1.82, 2.24) is 10.2 Å². The molecule has 2 aliphatic carbocycles. The normalized spacial score (nSPS) is 31.6. The van der Waals surface area contributed by atoms with Crippen molar-refractivity contribution in [2.45, 2.75) is 52.5 Å². The Morgan fingerprint density at radius 2 is 2.00 bits per heavy atom. The fourth-order valence-corrected chi connectivity index (χ4v) is 3.99. The number of nitrogens with zero attached hydrogens (tertiary/aromatic N) is 1. The lowest BCUT2D eigenvalue weighted by Crippen LogP contribution is -2.44. The van der Waals surface area contributed by atoms with Gasteiger partial charge in [0.15, 0.2) is 0 Å². The van der Waals surface area contributed by atoms with E-state index in [4.69, 9.17) is 0 Å². The first kappa shape index (κ1) is 13.9. The second-order valence-corrected chi connectivity index (χ2v) is 6.07. The zero-order chi connectivity index (χ0) is 13.1. The molecule has 3 heteroatoms. The van der Waals surface area contributed by atoms with Crippen molar-refractivity contribution >= 4 is 5.91 Å². The van der Waals surface area contributed by atoms with Crippen LogP contribution in [0.15, 0.2) is 0 Å². The van der Waals surface area contributed by atoms with Crippen molar-refractivity contribution in [3.8, 4) is 0 Å². The molecule has 2 saturated carbocycles. The Morgan fingerprint density at radius 1 is 1.28 bits per heavy atom.